The minimum absolute atomic E-state index is 0.0271. The van der Waals surface area contributed by atoms with Crippen LogP contribution in [0.2, 0.25) is 5.02 Å². The Kier molecular flexibility index (Phi) is 5.02. The fraction of sp³-hybridized carbons (Fsp3) is 0.100. The number of fused-ring (bicyclic) bond motifs is 1. The zero-order chi connectivity index (χ0) is 20.6. The van der Waals surface area contributed by atoms with E-state index in [0.29, 0.717) is 27.8 Å². The molecular formula is C20H16ClNO6. The quantitative estimate of drug-likeness (QED) is 0.600. The van der Waals surface area contributed by atoms with E-state index >= 15 is 0 Å². The highest BCUT2D eigenvalue weighted by molar-refractivity contribution is 6.32. The van der Waals surface area contributed by atoms with E-state index in [1.54, 1.807) is 12.1 Å². The molecule has 0 unspecified atom stereocenters. The van der Waals surface area contributed by atoms with Gasteiger partial charge in [-0.2, -0.15) is 0 Å². The Labute approximate surface area is 164 Å². The van der Waals surface area contributed by atoms with Crippen LogP contribution in [0.25, 0.3) is 21.9 Å². The second-order valence-corrected chi connectivity index (χ2v) is 6.35. The molecule has 8 heteroatoms. The van der Waals surface area contributed by atoms with E-state index in [0.717, 1.165) is 0 Å². The molecule has 0 aliphatic carbocycles. The molecule has 0 aromatic heterocycles. The molecule has 0 aliphatic heterocycles. The summed E-state index contributed by atoms with van der Waals surface area (Å²) in [4.78, 5) is 23.3. The zero-order valence-corrected chi connectivity index (χ0v) is 15.7. The monoisotopic (exact) mass is 401 g/mol. The van der Waals surface area contributed by atoms with Crippen LogP contribution in [0.3, 0.4) is 0 Å². The molecule has 0 saturated heterocycles. The van der Waals surface area contributed by atoms with Crippen molar-refractivity contribution < 1.29 is 29.3 Å². The number of rotatable bonds is 5. The molecule has 0 radical (unpaired) electrons. The Morgan fingerprint density at radius 1 is 1.00 bits per heavy atom. The number of amides is 1. The number of carboxylic acid groups (broad SMARTS) is 1. The maximum absolute atomic E-state index is 12.0. The lowest BCUT2D eigenvalue weighted by atomic mass is 9.93. The van der Waals surface area contributed by atoms with Crippen LogP contribution < -0.4 is 15.2 Å². The van der Waals surface area contributed by atoms with Gasteiger partial charge in [0.05, 0.1) is 30.4 Å². The molecule has 0 saturated carbocycles. The normalized spacial score (nSPS) is 10.7. The van der Waals surface area contributed by atoms with Gasteiger partial charge in [-0.1, -0.05) is 17.7 Å². The number of halogens is 1. The number of nitrogens with two attached hydrogens (primary N) is 1. The standard InChI is InChI=1S/C20H16ClNO6/c1-27-15-8-16(28-2)14(21)7-12(15)13-6-10-5-9(20(25)26)3-4-11(10)17(18(13)23)19(22)24/h3-8,23H,1-2H3,(H2,22,24)(H,25,26). The summed E-state index contributed by atoms with van der Waals surface area (Å²) in [6.07, 6.45) is 0. The first kappa shape index (κ1) is 19.3. The van der Waals surface area contributed by atoms with Crippen molar-refractivity contribution in [3.05, 3.63) is 52.5 Å². The van der Waals surface area contributed by atoms with Gasteiger partial charge in [-0.25, -0.2) is 4.79 Å². The summed E-state index contributed by atoms with van der Waals surface area (Å²) in [6, 6.07) is 8.77. The molecule has 3 rings (SSSR count). The minimum Gasteiger partial charge on any atom is -0.506 e. The molecular weight excluding hydrogens is 386 g/mol. The molecule has 0 fully saturated rings. The van der Waals surface area contributed by atoms with Gasteiger partial charge in [0.2, 0.25) is 0 Å². The predicted molar refractivity (Wildman–Crippen MR) is 105 cm³/mol. The summed E-state index contributed by atoms with van der Waals surface area (Å²) in [5, 5.41) is 21.0. The highest BCUT2D eigenvalue weighted by Gasteiger charge is 2.22. The van der Waals surface area contributed by atoms with Crippen molar-refractivity contribution in [3.63, 3.8) is 0 Å². The van der Waals surface area contributed by atoms with E-state index in [1.165, 1.54) is 38.5 Å². The van der Waals surface area contributed by atoms with Crippen LogP contribution in [0, 0.1) is 0 Å². The van der Waals surface area contributed by atoms with Crippen LogP contribution in [0.15, 0.2) is 36.4 Å². The van der Waals surface area contributed by atoms with Crippen molar-refractivity contribution in [2.45, 2.75) is 0 Å². The van der Waals surface area contributed by atoms with Gasteiger partial charge in [-0.05, 0) is 35.0 Å². The van der Waals surface area contributed by atoms with Crippen molar-refractivity contribution >= 4 is 34.2 Å². The van der Waals surface area contributed by atoms with E-state index < -0.39 is 11.9 Å². The average molecular weight is 402 g/mol. The molecule has 0 bridgehead atoms. The third-order valence-corrected chi connectivity index (χ3v) is 4.67. The molecule has 7 nitrogen and oxygen atoms in total. The topological polar surface area (TPSA) is 119 Å². The molecule has 28 heavy (non-hydrogen) atoms. The maximum Gasteiger partial charge on any atom is 0.335 e. The van der Waals surface area contributed by atoms with Gasteiger partial charge in [0.1, 0.15) is 17.2 Å². The molecule has 144 valence electrons. The van der Waals surface area contributed by atoms with Crippen molar-refractivity contribution in [3.8, 4) is 28.4 Å². The number of hydrogen-bond donors (Lipinski definition) is 3. The lowest BCUT2D eigenvalue weighted by Crippen LogP contribution is -2.12. The summed E-state index contributed by atoms with van der Waals surface area (Å²) < 4.78 is 10.5. The van der Waals surface area contributed by atoms with Crippen LogP contribution in [0.1, 0.15) is 20.7 Å². The van der Waals surface area contributed by atoms with Gasteiger partial charge in [-0.15, -0.1) is 0 Å². The van der Waals surface area contributed by atoms with Crippen molar-refractivity contribution in [1.82, 2.24) is 0 Å². The molecule has 0 spiro atoms. The Morgan fingerprint density at radius 2 is 1.68 bits per heavy atom. The fourth-order valence-corrected chi connectivity index (χ4v) is 3.30. The molecule has 0 aliphatic rings. The number of primary amides is 1. The Morgan fingerprint density at radius 3 is 2.25 bits per heavy atom. The summed E-state index contributed by atoms with van der Waals surface area (Å²) in [5.74, 6) is -1.64. The van der Waals surface area contributed by atoms with Crippen molar-refractivity contribution in [1.29, 1.82) is 0 Å². The molecule has 3 aromatic carbocycles. The first-order chi connectivity index (χ1) is 13.3. The van der Waals surface area contributed by atoms with Gasteiger partial charge >= 0.3 is 5.97 Å². The lowest BCUT2D eigenvalue weighted by molar-refractivity contribution is 0.0697. The first-order valence-electron chi connectivity index (χ1n) is 8.03. The van der Waals surface area contributed by atoms with Gasteiger partial charge in [0, 0.05) is 17.2 Å². The van der Waals surface area contributed by atoms with Crippen LogP contribution in [0.4, 0.5) is 0 Å². The number of carbonyl (C=O) groups is 2. The number of phenols is 1. The van der Waals surface area contributed by atoms with E-state index in [9.17, 15) is 19.8 Å². The smallest absolute Gasteiger partial charge is 0.335 e. The number of carboxylic acids is 1. The van der Waals surface area contributed by atoms with E-state index in [1.807, 2.05) is 0 Å². The van der Waals surface area contributed by atoms with Crippen LogP contribution in [-0.4, -0.2) is 36.3 Å². The van der Waals surface area contributed by atoms with Gasteiger partial charge in [0.25, 0.3) is 5.91 Å². The van der Waals surface area contributed by atoms with Gasteiger partial charge < -0.3 is 25.4 Å². The molecule has 0 atom stereocenters. The largest absolute Gasteiger partial charge is 0.506 e. The first-order valence-corrected chi connectivity index (χ1v) is 8.41. The maximum atomic E-state index is 12.0. The Balaban J connectivity index is 2.41. The number of benzene rings is 3. The average Bonchev–Trinajstić information content (AvgIpc) is 2.66. The van der Waals surface area contributed by atoms with Gasteiger partial charge in [-0.3, -0.25) is 4.79 Å². The molecule has 4 N–H and O–H groups in total. The summed E-state index contributed by atoms with van der Waals surface area (Å²) in [6.45, 7) is 0. The SMILES string of the molecule is COc1cc(OC)c(-c2cc3cc(C(=O)O)ccc3c(C(N)=O)c2O)cc1Cl. The van der Waals surface area contributed by atoms with Crippen LogP contribution in [0.5, 0.6) is 17.2 Å². The number of methoxy groups -OCH3 is 2. The number of hydrogen-bond acceptors (Lipinski definition) is 5. The number of carbonyl (C=O) groups excluding carboxylic acids is 1. The lowest BCUT2D eigenvalue weighted by Gasteiger charge is -2.16. The number of aromatic carboxylic acids is 1. The number of ether oxygens (including phenoxy) is 2. The van der Waals surface area contributed by atoms with E-state index in [4.69, 9.17) is 26.8 Å². The highest BCUT2D eigenvalue weighted by Crippen LogP contribution is 2.44. The summed E-state index contributed by atoms with van der Waals surface area (Å²) in [7, 11) is 2.88. The van der Waals surface area contributed by atoms with E-state index in [-0.39, 0.29) is 27.5 Å². The third-order valence-electron chi connectivity index (χ3n) is 4.37. The Hall–Kier alpha value is -3.45. The van der Waals surface area contributed by atoms with Crippen molar-refractivity contribution in [2.75, 3.05) is 14.2 Å². The second-order valence-electron chi connectivity index (χ2n) is 5.94. The summed E-state index contributed by atoms with van der Waals surface area (Å²) >= 11 is 6.22. The number of aromatic hydroxyl groups is 1. The molecule has 1 amide bonds. The predicted octanol–water partition coefficient (Wildman–Crippen LogP) is 3.68. The van der Waals surface area contributed by atoms with Crippen LogP contribution >= 0.6 is 11.6 Å². The minimum atomic E-state index is -1.12. The van der Waals surface area contributed by atoms with Crippen molar-refractivity contribution in [2.24, 2.45) is 5.73 Å². The highest BCUT2D eigenvalue weighted by atomic mass is 35.5. The van der Waals surface area contributed by atoms with Gasteiger partial charge in [0.15, 0.2) is 0 Å². The fourth-order valence-electron chi connectivity index (χ4n) is 3.05. The second kappa shape index (κ2) is 7.28. The zero-order valence-electron chi connectivity index (χ0n) is 14.9. The summed E-state index contributed by atoms with van der Waals surface area (Å²) in [5.41, 5.74) is 5.98. The molecule has 3 aromatic rings. The molecule has 0 heterocycles. The third kappa shape index (κ3) is 3.16. The van der Waals surface area contributed by atoms with Crippen LogP contribution in [-0.2, 0) is 0 Å². The van der Waals surface area contributed by atoms with E-state index in [2.05, 4.69) is 0 Å². The Bertz CT molecular complexity index is 1130.